The third-order valence-electron chi connectivity index (χ3n) is 3.45. The Morgan fingerprint density at radius 1 is 1.04 bits per heavy atom. The predicted octanol–water partition coefficient (Wildman–Crippen LogP) is 3.30. The van der Waals surface area contributed by atoms with Crippen LogP contribution in [0.5, 0.6) is 5.88 Å². The van der Waals surface area contributed by atoms with Gasteiger partial charge in [-0.05, 0) is 24.6 Å². The van der Waals surface area contributed by atoms with E-state index in [0.717, 1.165) is 5.56 Å². The second kappa shape index (κ2) is 6.44. The number of benzene rings is 2. The first-order chi connectivity index (χ1) is 11.2. The number of fused-ring (bicyclic) bond motifs is 1. The molecule has 2 aromatic carbocycles. The third-order valence-corrected chi connectivity index (χ3v) is 3.45. The Morgan fingerprint density at radius 3 is 2.57 bits per heavy atom. The van der Waals surface area contributed by atoms with E-state index in [4.69, 9.17) is 9.47 Å². The lowest BCUT2D eigenvalue weighted by molar-refractivity contribution is 0.0602. The van der Waals surface area contributed by atoms with Crippen molar-refractivity contribution >= 4 is 17.0 Å². The first kappa shape index (κ1) is 15.0. The number of ether oxygens (including phenoxy) is 2. The molecule has 3 rings (SSSR count). The van der Waals surface area contributed by atoms with Crippen LogP contribution in [0, 0.1) is 6.92 Å². The van der Waals surface area contributed by atoms with Crippen LogP contribution < -0.4 is 4.74 Å². The number of aryl methyl sites for hydroxylation is 1. The Bertz CT molecular complexity index is 848. The summed E-state index contributed by atoms with van der Waals surface area (Å²) in [5, 5.41) is 0. The second-order valence-electron chi connectivity index (χ2n) is 5.05. The molecule has 5 nitrogen and oxygen atoms in total. The summed E-state index contributed by atoms with van der Waals surface area (Å²) in [5.74, 6) is -0.0273. The van der Waals surface area contributed by atoms with Crippen molar-refractivity contribution in [1.29, 1.82) is 0 Å². The molecular weight excluding hydrogens is 292 g/mol. The molecule has 0 saturated heterocycles. The number of esters is 1. The molecule has 0 radical (unpaired) electrons. The van der Waals surface area contributed by atoms with Crippen LogP contribution in [0.4, 0.5) is 0 Å². The van der Waals surface area contributed by atoms with Crippen LogP contribution in [0.25, 0.3) is 11.0 Å². The van der Waals surface area contributed by atoms with Gasteiger partial charge in [-0.1, -0.05) is 36.4 Å². The van der Waals surface area contributed by atoms with Gasteiger partial charge in [0, 0.05) is 0 Å². The van der Waals surface area contributed by atoms with Crippen molar-refractivity contribution < 1.29 is 14.3 Å². The molecule has 0 amide bonds. The fourth-order valence-corrected chi connectivity index (χ4v) is 2.29. The smallest absolute Gasteiger partial charge is 0.340 e. The standard InChI is InChI=1S/C18H16N2O3/c1-12-17(23-11-13-7-4-3-5-8-13)20-16-14(18(21)22-2)9-6-10-15(16)19-12/h3-10H,11H2,1-2H3. The summed E-state index contributed by atoms with van der Waals surface area (Å²) in [4.78, 5) is 20.8. The van der Waals surface area contributed by atoms with Gasteiger partial charge in [0.15, 0.2) is 0 Å². The van der Waals surface area contributed by atoms with E-state index in [1.165, 1.54) is 7.11 Å². The second-order valence-corrected chi connectivity index (χ2v) is 5.05. The Morgan fingerprint density at radius 2 is 1.83 bits per heavy atom. The van der Waals surface area contributed by atoms with Crippen LogP contribution >= 0.6 is 0 Å². The Balaban J connectivity index is 1.97. The van der Waals surface area contributed by atoms with Gasteiger partial charge in [0.2, 0.25) is 5.88 Å². The van der Waals surface area contributed by atoms with E-state index in [2.05, 4.69) is 9.97 Å². The number of para-hydroxylation sites is 1. The van der Waals surface area contributed by atoms with Crippen LogP contribution in [-0.2, 0) is 11.3 Å². The number of hydrogen-bond donors (Lipinski definition) is 0. The maximum atomic E-state index is 11.9. The van der Waals surface area contributed by atoms with Gasteiger partial charge in [-0.25, -0.2) is 14.8 Å². The number of methoxy groups -OCH3 is 1. The zero-order valence-electron chi connectivity index (χ0n) is 12.9. The van der Waals surface area contributed by atoms with Crippen LogP contribution in [-0.4, -0.2) is 23.0 Å². The molecule has 0 N–H and O–H groups in total. The molecule has 0 fully saturated rings. The molecule has 0 aliphatic rings. The minimum Gasteiger partial charge on any atom is -0.471 e. The molecule has 0 spiro atoms. The zero-order chi connectivity index (χ0) is 16.2. The fraction of sp³-hybridized carbons (Fsp3) is 0.167. The minimum absolute atomic E-state index is 0.377. The van der Waals surface area contributed by atoms with Crippen molar-refractivity contribution in [3.8, 4) is 5.88 Å². The normalized spacial score (nSPS) is 10.5. The van der Waals surface area contributed by atoms with Gasteiger partial charge in [0.25, 0.3) is 0 Å². The Hall–Kier alpha value is -2.95. The van der Waals surface area contributed by atoms with Gasteiger partial charge in [-0.2, -0.15) is 0 Å². The van der Waals surface area contributed by atoms with E-state index in [-0.39, 0.29) is 0 Å². The number of nitrogens with zero attached hydrogens (tertiary/aromatic N) is 2. The maximum absolute atomic E-state index is 11.9. The Kier molecular flexibility index (Phi) is 4.19. The summed E-state index contributed by atoms with van der Waals surface area (Å²) >= 11 is 0. The molecule has 1 heterocycles. The lowest BCUT2D eigenvalue weighted by Crippen LogP contribution is -2.06. The molecular formula is C18H16N2O3. The minimum atomic E-state index is -0.442. The van der Waals surface area contributed by atoms with Crippen molar-refractivity contribution in [1.82, 2.24) is 9.97 Å². The van der Waals surface area contributed by atoms with Gasteiger partial charge in [-0.15, -0.1) is 0 Å². The van der Waals surface area contributed by atoms with E-state index in [9.17, 15) is 4.79 Å². The quantitative estimate of drug-likeness (QED) is 0.692. The zero-order valence-corrected chi connectivity index (χ0v) is 12.9. The number of carbonyl (C=O) groups is 1. The molecule has 0 aliphatic carbocycles. The van der Waals surface area contributed by atoms with Crippen LogP contribution in [0.3, 0.4) is 0 Å². The third kappa shape index (κ3) is 3.13. The van der Waals surface area contributed by atoms with E-state index >= 15 is 0 Å². The average molecular weight is 308 g/mol. The summed E-state index contributed by atoms with van der Waals surface area (Å²) in [6, 6.07) is 15.0. The van der Waals surface area contributed by atoms with Gasteiger partial charge >= 0.3 is 5.97 Å². The van der Waals surface area contributed by atoms with E-state index in [1.54, 1.807) is 12.1 Å². The van der Waals surface area contributed by atoms with Gasteiger partial charge in [0.1, 0.15) is 17.8 Å². The number of hydrogen-bond acceptors (Lipinski definition) is 5. The highest BCUT2D eigenvalue weighted by atomic mass is 16.5. The molecule has 1 aromatic heterocycles. The van der Waals surface area contributed by atoms with Crippen molar-refractivity contribution in [3.63, 3.8) is 0 Å². The molecule has 3 aromatic rings. The van der Waals surface area contributed by atoms with Crippen molar-refractivity contribution in [3.05, 3.63) is 65.4 Å². The maximum Gasteiger partial charge on any atom is 0.340 e. The molecule has 5 heteroatoms. The lowest BCUT2D eigenvalue weighted by Gasteiger charge is -2.10. The summed E-state index contributed by atoms with van der Waals surface area (Å²) in [7, 11) is 1.34. The van der Waals surface area contributed by atoms with E-state index in [1.807, 2.05) is 43.3 Å². The van der Waals surface area contributed by atoms with Gasteiger partial charge in [-0.3, -0.25) is 0 Å². The van der Waals surface area contributed by atoms with E-state index in [0.29, 0.717) is 34.8 Å². The highest BCUT2D eigenvalue weighted by Gasteiger charge is 2.15. The van der Waals surface area contributed by atoms with Crippen molar-refractivity contribution in [2.24, 2.45) is 0 Å². The van der Waals surface area contributed by atoms with Crippen LogP contribution in [0.1, 0.15) is 21.6 Å². The summed E-state index contributed by atoms with van der Waals surface area (Å²) in [5.41, 5.74) is 3.21. The van der Waals surface area contributed by atoms with Gasteiger partial charge in [0.05, 0.1) is 18.2 Å². The topological polar surface area (TPSA) is 61.3 Å². The first-order valence-electron chi connectivity index (χ1n) is 7.21. The van der Waals surface area contributed by atoms with Crippen molar-refractivity contribution in [2.75, 3.05) is 7.11 Å². The lowest BCUT2D eigenvalue weighted by atomic mass is 10.1. The molecule has 23 heavy (non-hydrogen) atoms. The molecule has 0 unspecified atom stereocenters. The summed E-state index contributed by atoms with van der Waals surface area (Å²) in [6.45, 7) is 2.22. The number of carbonyl (C=O) groups excluding carboxylic acids is 1. The highest BCUT2D eigenvalue weighted by molar-refractivity contribution is 6.01. The molecule has 0 saturated carbocycles. The van der Waals surface area contributed by atoms with Crippen molar-refractivity contribution in [2.45, 2.75) is 13.5 Å². The summed E-state index contributed by atoms with van der Waals surface area (Å²) < 4.78 is 10.6. The average Bonchev–Trinajstić information content (AvgIpc) is 2.59. The van der Waals surface area contributed by atoms with Crippen LogP contribution in [0.15, 0.2) is 48.5 Å². The highest BCUT2D eigenvalue weighted by Crippen LogP contribution is 2.22. The number of rotatable bonds is 4. The molecule has 116 valence electrons. The fourth-order valence-electron chi connectivity index (χ4n) is 2.29. The molecule has 0 atom stereocenters. The molecule has 0 aliphatic heterocycles. The number of aromatic nitrogens is 2. The predicted molar refractivity (Wildman–Crippen MR) is 86.4 cm³/mol. The van der Waals surface area contributed by atoms with E-state index < -0.39 is 5.97 Å². The first-order valence-corrected chi connectivity index (χ1v) is 7.21. The monoisotopic (exact) mass is 308 g/mol. The SMILES string of the molecule is COC(=O)c1cccc2nc(C)c(OCc3ccccc3)nc12. The van der Waals surface area contributed by atoms with Crippen LogP contribution in [0.2, 0.25) is 0 Å². The molecule has 0 bridgehead atoms. The Labute approximate surface area is 133 Å². The summed E-state index contributed by atoms with van der Waals surface area (Å²) in [6.07, 6.45) is 0. The largest absolute Gasteiger partial charge is 0.471 e. The van der Waals surface area contributed by atoms with Gasteiger partial charge < -0.3 is 9.47 Å².